The highest BCUT2D eigenvalue weighted by Crippen LogP contribution is 2.20. The molecule has 1 atom stereocenters. The topological polar surface area (TPSA) is 116 Å². The van der Waals surface area contributed by atoms with Gasteiger partial charge in [-0.15, -0.1) is 10.2 Å². The Bertz CT molecular complexity index is 966. The molecule has 2 heterocycles. The number of hydrogen-bond acceptors (Lipinski definition) is 7. The van der Waals surface area contributed by atoms with Gasteiger partial charge in [0.05, 0.1) is 23.1 Å². The van der Waals surface area contributed by atoms with Crippen molar-refractivity contribution in [2.24, 2.45) is 0 Å². The summed E-state index contributed by atoms with van der Waals surface area (Å²) >= 11 is 0. The summed E-state index contributed by atoms with van der Waals surface area (Å²) in [7, 11) is -3.07. The lowest BCUT2D eigenvalue weighted by molar-refractivity contribution is 0.0701. The van der Waals surface area contributed by atoms with Gasteiger partial charge in [-0.1, -0.05) is 0 Å². The standard InChI is InChI=1S/C18H19N5O3S/c1-2-23(15-9-10-27(25,26)12-15)18(24)16-7-8-17(22-21-16)20-14-5-3-13(11-19)4-6-14/h3-8,15H,2,9-10,12H2,1H3,(H,20,22). The molecule has 1 aliphatic rings. The second kappa shape index (κ2) is 7.72. The number of hydrogen-bond donors (Lipinski definition) is 1. The van der Waals surface area contributed by atoms with Crippen LogP contribution in [0.5, 0.6) is 0 Å². The Morgan fingerprint density at radius 1 is 1.26 bits per heavy atom. The molecule has 0 bridgehead atoms. The minimum Gasteiger partial charge on any atom is -0.339 e. The molecule has 3 rings (SSSR count). The average Bonchev–Trinajstić information content (AvgIpc) is 3.03. The molecule has 0 aliphatic carbocycles. The highest BCUT2D eigenvalue weighted by molar-refractivity contribution is 7.91. The first kappa shape index (κ1) is 18.8. The fourth-order valence-electron chi connectivity index (χ4n) is 3.02. The molecule has 9 heteroatoms. The molecule has 1 fully saturated rings. The third kappa shape index (κ3) is 4.41. The van der Waals surface area contributed by atoms with Gasteiger partial charge < -0.3 is 10.2 Å². The van der Waals surface area contributed by atoms with E-state index in [2.05, 4.69) is 15.5 Å². The molecule has 8 nitrogen and oxygen atoms in total. The summed E-state index contributed by atoms with van der Waals surface area (Å²) in [6.07, 6.45) is 0.452. The first-order chi connectivity index (χ1) is 12.9. The molecular formula is C18H19N5O3S. The van der Waals surface area contributed by atoms with Crippen LogP contribution in [0.25, 0.3) is 0 Å². The van der Waals surface area contributed by atoms with E-state index >= 15 is 0 Å². The molecule has 27 heavy (non-hydrogen) atoms. The lowest BCUT2D eigenvalue weighted by Gasteiger charge is -2.26. The Kier molecular flexibility index (Phi) is 5.37. The second-order valence-electron chi connectivity index (χ2n) is 6.27. The monoisotopic (exact) mass is 385 g/mol. The predicted octanol–water partition coefficient (Wildman–Crippen LogP) is 1.74. The smallest absolute Gasteiger partial charge is 0.274 e. The lowest BCUT2D eigenvalue weighted by Crippen LogP contribution is -2.41. The van der Waals surface area contributed by atoms with Gasteiger partial charge in [0, 0.05) is 18.3 Å². The Balaban J connectivity index is 1.70. The molecule has 1 amide bonds. The molecule has 0 spiro atoms. The molecule has 1 N–H and O–H groups in total. The zero-order valence-electron chi connectivity index (χ0n) is 14.8. The largest absolute Gasteiger partial charge is 0.339 e. The van der Waals surface area contributed by atoms with Crippen molar-refractivity contribution in [1.29, 1.82) is 5.26 Å². The highest BCUT2D eigenvalue weighted by Gasteiger charge is 2.34. The van der Waals surface area contributed by atoms with E-state index in [1.807, 2.05) is 13.0 Å². The number of rotatable bonds is 5. The van der Waals surface area contributed by atoms with E-state index in [4.69, 9.17) is 5.26 Å². The van der Waals surface area contributed by atoms with Gasteiger partial charge in [-0.2, -0.15) is 5.26 Å². The summed E-state index contributed by atoms with van der Waals surface area (Å²) in [5.41, 5.74) is 1.47. The molecule has 1 aromatic carbocycles. The zero-order chi connectivity index (χ0) is 19.4. The maximum absolute atomic E-state index is 12.7. The number of nitriles is 1. The van der Waals surface area contributed by atoms with Gasteiger partial charge in [0.25, 0.3) is 5.91 Å². The minimum atomic E-state index is -3.07. The van der Waals surface area contributed by atoms with Crippen LogP contribution >= 0.6 is 0 Å². The third-order valence-corrected chi connectivity index (χ3v) is 6.17. The number of sulfone groups is 1. The summed E-state index contributed by atoms with van der Waals surface area (Å²) in [6.45, 7) is 2.23. The fraction of sp³-hybridized carbons (Fsp3) is 0.333. The number of carbonyl (C=O) groups excluding carboxylic acids is 1. The highest BCUT2D eigenvalue weighted by atomic mass is 32.2. The van der Waals surface area contributed by atoms with Crippen molar-refractivity contribution < 1.29 is 13.2 Å². The number of carbonyl (C=O) groups is 1. The summed E-state index contributed by atoms with van der Waals surface area (Å²) < 4.78 is 23.4. The van der Waals surface area contributed by atoms with Crippen molar-refractivity contribution in [2.45, 2.75) is 19.4 Å². The van der Waals surface area contributed by atoms with Crippen LogP contribution in [0.1, 0.15) is 29.4 Å². The van der Waals surface area contributed by atoms with Gasteiger partial charge in [0.15, 0.2) is 21.3 Å². The van der Waals surface area contributed by atoms with E-state index < -0.39 is 9.84 Å². The molecule has 1 unspecified atom stereocenters. The molecule has 1 aromatic heterocycles. The van der Waals surface area contributed by atoms with E-state index in [9.17, 15) is 13.2 Å². The quantitative estimate of drug-likeness (QED) is 0.833. The number of aromatic nitrogens is 2. The lowest BCUT2D eigenvalue weighted by atomic mass is 10.2. The van der Waals surface area contributed by atoms with E-state index in [0.717, 1.165) is 5.69 Å². The molecule has 140 valence electrons. The van der Waals surface area contributed by atoms with Crippen LogP contribution in [0.2, 0.25) is 0 Å². The van der Waals surface area contributed by atoms with Crippen LogP contribution in [-0.4, -0.2) is 53.5 Å². The van der Waals surface area contributed by atoms with Crippen LogP contribution in [0.4, 0.5) is 11.5 Å². The number of benzene rings is 1. The zero-order valence-corrected chi connectivity index (χ0v) is 15.6. The van der Waals surface area contributed by atoms with Crippen LogP contribution in [-0.2, 0) is 9.84 Å². The summed E-state index contributed by atoms with van der Waals surface area (Å²) in [5.74, 6) is 0.249. The first-order valence-electron chi connectivity index (χ1n) is 8.54. The Labute approximate surface area is 157 Å². The average molecular weight is 385 g/mol. The van der Waals surface area contributed by atoms with Crippen molar-refractivity contribution in [2.75, 3.05) is 23.4 Å². The van der Waals surface area contributed by atoms with Crippen LogP contribution < -0.4 is 5.32 Å². The molecule has 0 radical (unpaired) electrons. The number of nitrogens with zero attached hydrogens (tertiary/aromatic N) is 4. The minimum absolute atomic E-state index is 0.00165. The summed E-state index contributed by atoms with van der Waals surface area (Å²) in [5, 5.41) is 19.9. The Morgan fingerprint density at radius 2 is 2.00 bits per heavy atom. The van der Waals surface area contributed by atoms with E-state index in [1.165, 1.54) is 0 Å². The van der Waals surface area contributed by atoms with Crippen molar-refractivity contribution >= 4 is 27.2 Å². The maximum Gasteiger partial charge on any atom is 0.274 e. The molecule has 1 aliphatic heterocycles. The van der Waals surface area contributed by atoms with Crippen LogP contribution in [0.3, 0.4) is 0 Å². The van der Waals surface area contributed by atoms with Crippen molar-refractivity contribution in [3.63, 3.8) is 0 Å². The van der Waals surface area contributed by atoms with Gasteiger partial charge in [0.1, 0.15) is 0 Å². The third-order valence-electron chi connectivity index (χ3n) is 4.42. The van der Waals surface area contributed by atoms with E-state index in [0.29, 0.717) is 24.3 Å². The maximum atomic E-state index is 12.7. The van der Waals surface area contributed by atoms with E-state index in [1.54, 1.807) is 41.3 Å². The van der Waals surface area contributed by atoms with Gasteiger partial charge in [0.2, 0.25) is 0 Å². The van der Waals surface area contributed by atoms with Gasteiger partial charge in [-0.05, 0) is 49.7 Å². The summed E-state index contributed by atoms with van der Waals surface area (Å²) in [4.78, 5) is 14.2. The van der Waals surface area contributed by atoms with Crippen LogP contribution in [0.15, 0.2) is 36.4 Å². The summed E-state index contributed by atoms with van der Waals surface area (Å²) in [6, 6.07) is 11.8. The van der Waals surface area contributed by atoms with Gasteiger partial charge in [-0.25, -0.2) is 8.42 Å². The van der Waals surface area contributed by atoms with Gasteiger partial charge >= 0.3 is 0 Å². The second-order valence-corrected chi connectivity index (χ2v) is 8.49. The fourth-order valence-corrected chi connectivity index (χ4v) is 4.76. The number of amides is 1. The Hall–Kier alpha value is -2.99. The number of nitrogens with one attached hydrogen (secondary N) is 1. The molecule has 1 saturated heterocycles. The number of anilines is 2. The van der Waals surface area contributed by atoms with E-state index in [-0.39, 0.29) is 29.1 Å². The van der Waals surface area contributed by atoms with Gasteiger partial charge in [-0.3, -0.25) is 4.79 Å². The normalized spacial score (nSPS) is 17.9. The molecule has 0 saturated carbocycles. The van der Waals surface area contributed by atoms with Crippen molar-refractivity contribution in [3.8, 4) is 6.07 Å². The first-order valence-corrected chi connectivity index (χ1v) is 10.4. The van der Waals surface area contributed by atoms with Crippen molar-refractivity contribution in [3.05, 3.63) is 47.7 Å². The predicted molar refractivity (Wildman–Crippen MR) is 100 cm³/mol. The SMILES string of the molecule is CCN(C(=O)c1ccc(Nc2ccc(C#N)cc2)nn1)C1CCS(=O)(=O)C1. The van der Waals surface area contributed by atoms with Crippen LogP contribution in [0, 0.1) is 11.3 Å². The Morgan fingerprint density at radius 3 is 2.52 bits per heavy atom. The molecule has 2 aromatic rings. The van der Waals surface area contributed by atoms with Crippen molar-refractivity contribution in [1.82, 2.24) is 15.1 Å². The molecular weight excluding hydrogens is 366 g/mol.